The smallest absolute Gasteiger partial charge is 0.269 e. The number of carbonyl (C=O) groups excluding carboxylic acids is 2. The number of carbonyl (C=O) groups is 2. The summed E-state index contributed by atoms with van der Waals surface area (Å²) in [5.74, 6) is -0.181. The first-order chi connectivity index (χ1) is 18.2. The molecule has 202 valence electrons. The van der Waals surface area contributed by atoms with Gasteiger partial charge in [-0.2, -0.15) is 0 Å². The molecule has 0 spiro atoms. The van der Waals surface area contributed by atoms with Crippen LogP contribution in [0.25, 0.3) is 0 Å². The highest BCUT2D eigenvalue weighted by molar-refractivity contribution is 8.76. The van der Waals surface area contributed by atoms with Gasteiger partial charge in [0.1, 0.15) is 11.4 Å². The lowest BCUT2D eigenvalue weighted by molar-refractivity contribution is -0.385. The van der Waals surface area contributed by atoms with E-state index in [1.165, 1.54) is 58.0 Å². The number of nitrogens with zero attached hydrogens (tertiary/aromatic N) is 4. The molecule has 0 radical (unpaired) electrons. The molecule has 0 aliphatic heterocycles. The predicted octanol–water partition coefficient (Wildman–Crippen LogP) is 2.56. The quantitative estimate of drug-likeness (QED) is 0.0620. The average molecular weight is 565 g/mol. The molecule has 0 saturated carbocycles. The Kier molecular flexibility index (Phi) is 12.5. The van der Waals surface area contributed by atoms with E-state index in [-0.39, 0.29) is 48.7 Å². The highest BCUT2D eigenvalue weighted by atomic mass is 33.1. The van der Waals surface area contributed by atoms with Gasteiger partial charge in [-0.3, -0.25) is 29.8 Å². The lowest BCUT2D eigenvalue weighted by atomic mass is 10.1. The fraction of sp³-hybridized carbons (Fsp3) is 0.273. The summed E-state index contributed by atoms with van der Waals surface area (Å²) < 4.78 is 0. The molecule has 16 heteroatoms. The molecular formula is C22H24N6O8S2. The molecular weight excluding hydrogens is 540 g/mol. The Bertz CT molecular complexity index is 1130. The Morgan fingerprint density at radius 3 is 1.50 bits per heavy atom. The summed E-state index contributed by atoms with van der Waals surface area (Å²) in [4.78, 5) is 45.1. The van der Waals surface area contributed by atoms with Gasteiger partial charge < -0.3 is 21.0 Å². The number of benzene rings is 2. The Morgan fingerprint density at radius 1 is 0.763 bits per heavy atom. The molecule has 0 fully saturated rings. The molecule has 2 amide bonds. The van der Waals surface area contributed by atoms with E-state index in [0.29, 0.717) is 22.6 Å². The summed E-state index contributed by atoms with van der Waals surface area (Å²) in [6, 6.07) is 11.4. The topological polar surface area (TPSA) is 210 Å². The van der Waals surface area contributed by atoms with Gasteiger partial charge in [-0.05, 0) is 11.1 Å². The van der Waals surface area contributed by atoms with E-state index in [4.69, 9.17) is 10.4 Å². The van der Waals surface area contributed by atoms with Crippen LogP contribution in [-0.4, -0.2) is 68.1 Å². The summed E-state index contributed by atoms with van der Waals surface area (Å²) in [6.45, 7) is 0.530. The van der Waals surface area contributed by atoms with E-state index in [2.05, 4.69) is 20.9 Å². The Hall–Kier alpha value is -4.18. The van der Waals surface area contributed by atoms with E-state index in [0.717, 1.165) is 0 Å². The van der Waals surface area contributed by atoms with Crippen LogP contribution in [0.3, 0.4) is 0 Å². The summed E-state index contributed by atoms with van der Waals surface area (Å²) >= 11 is 0. The SMILES string of the molecule is O=C(NCCSSCCNC(=O)/C(Cc1cccc([N+](=O)[O-])c1)=N/O)/C(Cc1cccc([N+](=O)[O-])c1)=N/O. The van der Waals surface area contributed by atoms with Gasteiger partial charge in [-0.1, -0.05) is 56.2 Å². The summed E-state index contributed by atoms with van der Waals surface area (Å²) in [7, 11) is 2.85. The van der Waals surface area contributed by atoms with Gasteiger partial charge in [-0.15, -0.1) is 0 Å². The Morgan fingerprint density at radius 2 is 1.16 bits per heavy atom. The summed E-state index contributed by atoms with van der Waals surface area (Å²) in [5.41, 5.74) is 0.274. The molecule has 0 aromatic heterocycles. The molecule has 2 rings (SSSR count). The molecule has 4 N–H and O–H groups in total. The molecule has 0 unspecified atom stereocenters. The molecule has 0 aliphatic rings. The molecule has 0 saturated heterocycles. The fourth-order valence-electron chi connectivity index (χ4n) is 3.00. The maximum absolute atomic E-state index is 12.2. The first-order valence-corrected chi connectivity index (χ1v) is 13.4. The fourth-order valence-corrected chi connectivity index (χ4v) is 4.82. The summed E-state index contributed by atoms with van der Waals surface area (Å²) in [6.07, 6.45) is -0.155. The highest BCUT2D eigenvalue weighted by Crippen LogP contribution is 2.19. The second kappa shape index (κ2) is 15.8. The van der Waals surface area contributed by atoms with E-state index in [9.17, 15) is 29.8 Å². The van der Waals surface area contributed by atoms with Crippen LogP contribution in [0.15, 0.2) is 58.8 Å². The molecule has 38 heavy (non-hydrogen) atoms. The number of oxime groups is 2. The minimum Gasteiger partial charge on any atom is -0.410 e. The number of hydrogen-bond donors (Lipinski definition) is 4. The largest absolute Gasteiger partial charge is 0.410 e. The molecule has 0 bridgehead atoms. The van der Waals surface area contributed by atoms with Crippen molar-refractivity contribution in [2.75, 3.05) is 24.6 Å². The third-order valence-corrected chi connectivity index (χ3v) is 7.19. The maximum Gasteiger partial charge on any atom is 0.269 e. The molecule has 2 aromatic carbocycles. The van der Waals surface area contributed by atoms with E-state index < -0.39 is 21.7 Å². The first kappa shape index (κ1) is 30.0. The monoisotopic (exact) mass is 564 g/mol. The van der Waals surface area contributed by atoms with E-state index >= 15 is 0 Å². The van der Waals surface area contributed by atoms with Gasteiger partial charge in [0.05, 0.1) is 9.85 Å². The lowest BCUT2D eigenvalue weighted by Gasteiger charge is -2.08. The van der Waals surface area contributed by atoms with Crippen LogP contribution in [0, 0.1) is 20.2 Å². The van der Waals surface area contributed by atoms with Crippen molar-refractivity contribution in [3.63, 3.8) is 0 Å². The number of rotatable bonds is 15. The first-order valence-electron chi connectivity index (χ1n) is 10.9. The maximum atomic E-state index is 12.2. The Labute approximate surface area is 224 Å². The number of nitro benzene ring substituents is 2. The van der Waals surface area contributed by atoms with Crippen LogP contribution in [-0.2, 0) is 22.4 Å². The van der Waals surface area contributed by atoms with Gasteiger partial charge in [0.15, 0.2) is 0 Å². The van der Waals surface area contributed by atoms with E-state index in [1.54, 1.807) is 12.1 Å². The van der Waals surface area contributed by atoms with Crippen LogP contribution in [0.2, 0.25) is 0 Å². The summed E-state index contributed by atoms with van der Waals surface area (Å²) in [5, 5.41) is 51.3. The molecule has 0 aliphatic carbocycles. The predicted molar refractivity (Wildman–Crippen MR) is 143 cm³/mol. The minimum atomic E-state index is -0.601. The zero-order valence-corrected chi connectivity index (χ0v) is 21.4. The number of non-ortho nitro benzene ring substituents is 2. The van der Waals surface area contributed by atoms with Crippen LogP contribution in [0.4, 0.5) is 11.4 Å². The van der Waals surface area contributed by atoms with Crippen molar-refractivity contribution in [3.8, 4) is 0 Å². The van der Waals surface area contributed by atoms with Crippen molar-refractivity contribution in [3.05, 3.63) is 79.9 Å². The standard InChI is InChI=1S/C22H24N6O8S2/c29-21(19(25-31)13-15-3-1-5-17(11-15)27(33)34)23-7-9-37-38-10-8-24-22(30)20(26-32)14-16-4-2-6-18(12-16)28(35)36/h1-6,11-12,31-32H,7-10,13-14H2,(H,23,29)(H,24,30)/b25-19+,26-20+. The van der Waals surface area contributed by atoms with Gasteiger partial charge >= 0.3 is 0 Å². The lowest BCUT2D eigenvalue weighted by Crippen LogP contribution is -2.34. The van der Waals surface area contributed by atoms with Gasteiger partial charge in [0.2, 0.25) is 0 Å². The normalized spacial score (nSPS) is 11.6. The number of nitro groups is 2. The van der Waals surface area contributed by atoms with Crippen molar-refractivity contribution in [2.24, 2.45) is 10.3 Å². The molecule has 0 atom stereocenters. The average Bonchev–Trinajstić information content (AvgIpc) is 2.91. The van der Waals surface area contributed by atoms with E-state index in [1.807, 2.05) is 0 Å². The molecule has 14 nitrogen and oxygen atoms in total. The van der Waals surface area contributed by atoms with Crippen molar-refractivity contribution >= 4 is 56.2 Å². The molecule has 0 heterocycles. The van der Waals surface area contributed by atoms with Crippen molar-refractivity contribution in [2.45, 2.75) is 12.8 Å². The Balaban J connectivity index is 1.64. The minimum absolute atomic E-state index is 0.0775. The highest BCUT2D eigenvalue weighted by Gasteiger charge is 2.16. The van der Waals surface area contributed by atoms with Crippen LogP contribution in [0.1, 0.15) is 11.1 Å². The number of nitrogens with one attached hydrogen (secondary N) is 2. The zero-order valence-electron chi connectivity index (χ0n) is 19.8. The van der Waals surface area contributed by atoms with Crippen LogP contribution >= 0.6 is 21.6 Å². The van der Waals surface area contributed by atoms with Crippen molar-refractivity contribution in [1.82, 2.24) is 10.6 Å². The van der Waals surface area contributed by atoms with Crippen LogP contribution in [0.5, 0.6) is 0 Å². The van der Waals surface area contributed by atoms with Crippen molar-refractivity contribution in [1.29, 1.82) is 0 Å². The van der Waals surface area contributed by atoms with Gasteiger partial charge in [-0.25, -0.2) is 0 Å². The van der Waals surface area contributed by atoms with Crippen molar-refractivity contribution < 1.29 is 29.9 Å². The van der Waals surface area contributed by atoms with Gasteiger partial charge in [0, 0.05) is 61.7 Å². The molecule has 2 aromatic rings. The second-order valence-corrected chi connectivity index (χ2v) is 10.2. The number of amides is 2. The number of hydrogen-bond acceptors (Lipinski definition) is 12. The second-order valence-electron chi connectivity index (χ2n) is 7.46. The third-order valence-electron chi connectivity index (χ3n) is 4.78. The third kappa shape index (κ3) is 10.1. The van der Waals surface area contributed by atoms with Gasteiger partial charge in [0.25, 0.3) is 23.2 Å². The van der Waals surface area contributed by atoms with Crippen LogP contribution < -0.4 is 10.6 Å². The zero-order chi connectivity index (χ0) is 27.9.